The van der Waals surface area contributed by atoms with Gasteiger partial charge in [-0.1, -0.05) is 24.3 Å². The van der Waals surface area contributed by atoms with Gasteiger partial charge >= 0.3 is 0 Å². The van der Waals surface area contributed by atoms with Gasteiger partial charge in [0.05, 0.1) is 25.1 Å². The van der Waals surface area contributed by atoms with E-state index in [1.807, 2.05) is 0 Å². The van der Waals surface area contributed by atoms with Gasteiger partial charge in [-0.25, -0.2) is 17.5 Å². The molecule has 134 valence electrons. The molecular formula is C17H19FN2O4S. The van der Waals surface area contributed by atoms with Crippen LogP contribution in [0.3, 0.4) is 0 Å². The molecule has 0 unspecified atom stereocenters. The second-order valence-electron chi connectivity index (χ2n) is 5.45. The molecule has 0 fully saturated rings. The van der Waals surface area contributed by atoms with Crippen LogP contribution in [0, 0.1) is 5.82 Å². The molecule has 0 aliphatic rings. The Bertz CT molecular complexity index is 838. The lowest BCUT2D eigenvalue weighted by atomic mass is 10.0. The molecule has 0 bridgehead atoms. The molecule has 0 heterocycles. The first kappa shape index (κ1) is 18.9. The number of halogens is 1. The molecule has 6 nitrogen and oxygen atoms in total. The maximum Gasteiger partial charge on any atom is 0.226 e. The van der Waals surface area contributed by atoms with Crippen molar-refractivity contribution in [1.82, 2.24) is 4.72 Å². The van der Waals surface area contributed by atoms with E-state index in [2.05, 4.69) is 10.0 Å². The number of sulfonamides is 1. The Morgan fingerprint density at radius 2 is 1.80 bits per heavy atom. The van der Waals surface area contributed by atoms with E-state index < -0.39 is 27.8 Å². The molecule has 0 aromatic heterocycles. The van der Waals surface area contributed by atoms with E-state index in [9.17, 15) is 17.6 Å². The maximum atomic E-state index is 13.6. The van der Waals surface area contributed by atoms with Gasteiger partial charge in [0, 0.05) is 6.42 Å². The van der Waals surface area contributed by atoms with Crippen molar-refractivity contribution in [3.05, 3.63) is 59.9 Å². The van der Waals surface area contributed by atoms with E-state index in [0.29, 0.717) is 11.3 Å². The number of nitrogens with one attached hydrogen (secondary N) is 2. The molecule has 8 heteroatoms. The standard InChI is InChI=1S/C17H19FN2O4S/c1-24-13-9-7-12(8-10-13)16(20-25(2,22)23)11-17(21)19-15-6-4-3-5-14(15)18/h3-10,16,20H,11H2,1-2H3,(H,19,21)/t16-/m0/s1. The van der Waals surface area contributed by atoms with Crippen LogP contribution >= 0.6 is 0 Å². The van der Waals surface area contributed by atoms with Gasteiger partial charge in [-0.05, 0) is 29.8 Å². The van der Waals surface area contributed by atoms with Gasteiger partial charge in [-0.3, -0.25) is 4.79 Å². The Morgan fingerprint density at radius 3 is 2.36 bits per heavy atom. The fraction of sp³-hybridized carbons (Fsp3) is 0.235. The van der Waals surface area contributed by atoms with E-state index in [4.69, 9.17) is 4.74 Å². The summed E-state index contributed by atoms with van der Waals surface area (Å²) in [7, 11) is -2.03. The summed E-state index contributed by atoms with van der Waals surface area (Å²) in [6.07, 6.45) is 0.825. The molecule has 2 N–H and O–H groups in total. The zero-order valence-electron chi connectivity index (χ0n) is 13.8. The third-order valence-electron chi connectivity index (χ3n) is 3.41. The van der Waals surface area contributed by atoms with Gasteiger partial charge in [0.2, 0.25) is 15.9 Å². The second kappa shape index (κ2) is 8.09. The zero-order chi connectivity index (χ0) is 18.4. The first-order valence-corrected chi connectivity index (χ1v) is 9.33. The van der Waals surface area contributed by atoms with Gasteiger partial charge in [0.15, 0.2) is 0 Å². The number of hydrogen-bond acceptors (Lipinski definition) is 4. The van der Waals surface area contributed by atoms with Crippen LogP contribution in [0.4, 0.5) is 10.1 Å². The van der Waals surface area contributed by atoms with Gasteiger partial charge in [0.1, 0.15) is 11.6 Å². The smallest absolute Gasteiger partial charge is 0.226 e. The molecule has 2 rings (SSSR count). The first-order valence-electron chi connectivity index (χ1n) is 7.44. The number of benzene rings is 2. The minimum absolute atomic E-state index is 0.0420. The molecule has 2 aromatic rings. The van der Waals surface area contributed by atoms with E-state index in [0.717, 1.165) is 6.26 Å². The predicted molar refractivity (Wildman–Crippen MR) is 93.4 cm³/mol. The molecule has 1 amide bonds. The van der Waals surface area contributed by atoms with Gasteiger partial charge in [-0.2, -0.15) is 0 Å². The molecule has 0 aliphatic carbocycles. The summed E-state index contributed by atoms with van der Waals surface area (Å²) in [5, 5.41) is 2.45. The third kappa shape index (κ3) is 5.84. The third-order valence-corrected chi connectivity index (χ3v) is 4.12. The predicted octanol–water partition coefficient (Wildman–Crippen LogP) is 2.45. The van der Waals surface area contributed by atoms with Crippen LogP contribution in [0.1, 0.15) is 18.0 Å². The number of para-hydroxylation sites is 1. The molecule has 2 aromatic carbocycles. The molecule has 0 saturated carbocycles. The Kier molecular flexibility index (Phi) is 6.11. The number of anilines is 1. The van der Waals surface area contributed by atoms with Crippen LogP contribution in [-0.2, 0) is 14.8 Å². The molecule has 0 radical (unpaired) electrons. The van der Waals surface area contributed by atoms with Crippen molar-refractivity contribution in [3.8, 4) is 5.75 Å². The van der Waals surface area contributed by atoms with Crippen LogP contribution in [0.5, 0.6) is 5.75 Å². The molecule has 1 atom stereocenters. The minimum atomic E-state index is -3.55. The number of carbonyl (C=O) groups is 1. The van der Waals surface area contributed by atoms with Crippen molar-refractivity contribution in [2.75, 3.05) is 18.7 Å². The molecule has 0 aliphatic heterocycles. The van der Waals surface area contributed by atoms with Crippen molar-refractivity contribution in [2.24, 2.45) is 0 Å². The SMILES string of the molecule is COc1ccc([C@H](CC(=O)Nc2ccccc2F)NS(C)(=O)=O)cc1. The van der Waals surface area contributed by atoms with Gasteiger partial charge in [0.25, 0.3) is 0 Å². The molecule has 0 saturated heterocycles. The summed E-state index contributed by atoms with van der Waals surface area (Å²) < 4.78 is 44.3. The average Bonchev–Trinajstić information content (AvgIpc) is 2.55. The second-order valence-corrected chi connectivity index (χ2v) is 7.23. The highest BCUT2D eigenvalue weighted by Crippen LogP contribution is 2.22. The average molecular weight is 366 g/mol. The van der Waals surface area contributed by atoms with Crippen molar-refractivity contribution in [2.45, 2.75) is 12.5 Å². The summed E-state index contributed by atoms with van der Waals surface area (Å²) in [6, 6.07) is 11.6. The quantitative estimate of drug-likeness (QED) is 0.788. The Balaban J connectivity index is 2.17. The van der Waals surface area contributed by atoms with E-state index >= 15 is 0 Å². The largest absolute Gasteiger partial charge is 0.497 e. The Hall–Kier alpha value is -2.45. The van der Waals surface area contributed by atoms with E-state index in [-0.39, 0.29) is 12.1 Å². The lowest BCUT2D eigenvalue weighted by Gasteiger charge is -2.18. The van der Waals surface area contributed by atoms with Crippen LogP contribution < -0.4 is 14.8 Å². The number of methoxy groups -OCH3 is 1. The minimum Gasteiger partial charge on any atom is -0.497 e. The summed E-state index contributed by atoms with van der Waals surface area (Å²) >= 11 is 0. The number of amides is 1. The highest BCUT2D eigenvalue weighted by atomic mass is 32.2. The topological polar surface area (TPSA) is 84.5 Å². The highest BCUT2D eigenvalue weighted by Gasteiger charge is 2.20. The van der Waals surface area contributed by atoms with Crippen LogP contribution in [0.2, 0.25) is 0 Å². The summed E-state index contributed by atoms with van der Waals surface area (Å²) in [6.45, 7) is 0. The molecule has 0 spiro atoms. The number of rotatable bonds is 7. The van der Waals surface area contributed by atoms with Crippen molar-refractivity contribution in [1.29, 1.82) is 0 Å². The lowest BCUT2D eigenvalue weighted by Crippen LogP contribution is -2.30. The van der Waals surface area contributed by atoms with Crippen molar-refractivity contribution >= 4 is 21.6 Å². The molecule has 25 heavy (non-hydrogen) atoms. The Labute approximate surface area is 146 Å². The fourth-order valence-corrected chi connectivity index (χ4v) is 3.01. The zero-order valence-corrected chi connectivity index (χ0v) is 14.6. The van der Waals surface area contributed by atoms with Crippen molar-refractivity contribution in [3.63, 3.8) is 0 Å². The van der Waals surface area contributed by atoms with E-state index in [1.165, 1.54) is 25.3 Å². The first-order chi connectivity index (χ1) is 11.8. The van der Waals surface area contributed by atoms with Crippen LogP contribution in [0.15, 0.2) is 48.5 Å². The van der Waals surface area contributed by atoms with Crippen LogP contribution in [-0.4, -0.2) is 27.7 Å². The summed E-state index contributed by atoms with van der Waals surface area (Å²) in [5.41, 5.74) is 0.634. The number of hydrogen-bond donors (Lipinski definition) is 2. The lowest BCUT2D eigenvalue weighted by molar-refractivity contribution is -0.116. The van der Waals surface area contributed by atoms with E-state index in [1.54, 1.807) is 30.3 Å². The summed E-state index contributed by atoms with van der Waals surface area (Å²) in [4.78, 5) is 12.2. The number of carbonyl (C=O) groups excluding carboxylic acids is 1. The number of ether oxygens (including phenoxy) is 1. The monoisotopic (exact) mass is 366 g/mol. The van der Waals surface area contributed by atoms with Gasteiger partial charge < -0.3 is 10.1 Å². The van der Waals surface area contributed by atoms with Crippen LogP contribution in [0.25, 0.3) is 0 Å². The van der Waals surface area contributed by atoms with Crippen molar-refractivity contribution < 1.29 is 22.3 Å². The summed E-state index contributed by atoms with van der Waals surface area (Å²) in [5.74, 6) is -0.465. The molecular weight excluding hydrogens is 347 g/mol. The fourth-order valence-electron chi connectivity index (χ4n) is 2.27. The highest BCUT2D eigenvalue weighted by molar-refractivity contribution is 7.88. The van der Waals surface area contributed by atoms with Gasteiger partial charge in [-0.15, -0.1) is 0 Å². The maximum absolute atomic E-state index is 13.6. The normalized spacial score (nSPS) is 12.4. The Morgan fingerprint density at radius 1 is 1.16 bits per heavy atom.